The second-order valence-electron chi connectivity index (χ2n) is 9.40. The third-order valence-electron chi connectivity index (χ3n) is 6.33. The zero-order valence-electron chi connectivity index (χ0n) is 21.4. The zero-order chi connectivity index (χ0) is 28.4. The third kappa shape index (κ3) is 6.04. The summed E-state index contributed by atoms with van der Waals surface area (Å²) in [6.45, 7) is 4.15. The van der Waals surface area contributed by atoms with Gasteiger partial charge in [0.25, 0.3) is 0 Å². The smallest absolute Gasteiger partial charge is 0.406 e. The number of thiocarbonyl (C=S) groups is 1. The molecule has 0 bridgehead atoms. The summed E-state index contributed by atoms with van der Waals surface area (Å²) in [6.07, 6.45) is 6.08. The maximum Gasteiger partial charge on any atom is 0.573 e. The monoisotopic (exact) mass is 563 g/mol. The summed E-state index contributed by atoms with van der Waals surface area (Å²) in [7, 11) is 0. The topological polar surface area (TPSA) is 80.5 Å². The number of carbonyl (C=O) groups excluding carboxylic acids is 1. The Morgan fingerprint density at radius 3 is 2.58 bits per heavy atom. The van der Waals surface area contributed by atoms with E-state index >= 15 is 0 Å². The Morgan fingerprint density at radius 1 is 1.10 bits per heavy atom. The summed E-state index contributed by atoms with van der Waals surface area (Å²) < 4.78 is 43.2. The van der Waals surface area contributed by atoms with Crippen molar-refractivity contribution in [2.75, 3.05) is 5.32 Å². The van der Waals surface area contributed by atoms with Crippen LogP contribution in [-0.2, 0) is 0 Å². The molecule has 2 aliphatic carbocycles. The first-order valence-corrected chi connectivity index (χ1v) is 12.8. The fraction of sp³-hybridized carbons (Fsp3) is 0.172. The molecule has 204 valence electrons. The van der Waals surface area contributed by atoms with E-state index in [9.17, 15) is 18.0 Å². The van der Waals surface area contributed by atoms with Crippen molar-refractivity contribution in [2.24, 2.45) is 4.99 Å². The van der Waals surface area contributed by atoms with Gasteiger partial charge >= 0.3 is 12.4 Å². The quantitative estimate of drug-likeness (QED) is 0.333. The molecule has 2 amide bonds. The number of alkyl halides is 3. The number of imidazole rings is 1. The van der Waals surface area contributed by atoms with Crippen LogP contribution in [-0.4, -0.2) is 32.8 Å². The molecular weight excluding hydrogens is 539 g/mol. The number of halogens is 3. The van der Waals surface area contributed by atoms with Gasteiger partial charge in [0.1, 0.15) is 12.1 Å². The SMILES string of the molecule is CC(C)c1ccccc1NC(=S)NC(=O)N=C1C=CC2C(=C1)C=Cc1c2ncn1-c1ccc(OC(F)(F)F)cc1. The molecule has 0 saturated carbocycles. The Hall–Kier alpha value is -4.51. The molecule has 1 unspecified atom stereocenters. The summed E-state index contributed by atoms with van der Waals surface area (Å²) in [5, 5.41) is 5.81. The fourth-order valence-electron chi connectivity index (χ4n) is 4.56. The van der Waals surface area contributed by atoms with Gasteiger partial charge in [0.2, 0.25) is 0 Å². The van der Waals surface area contributed by atoms with Crippen molar-refractivity contribution in [1.82, 2.24) is 14.9 Å². The molecule has 1 atom stereocenters. The van der Waals surface area contributed by atoms with Crippen molar-refractivity contribution in [2.45, 2.75) is 32.0 Å². The molecule has 0 spiro atoms. The Kier molecular flexibility index (Phi) is 7.40. The number of hydrogen-bond donors (Lipinski definition) is 2. The molecule has 7 nitrogen and oxygen atoms in total. The number of hydrogen-bond acceptors (Lipinski definition) is 4. The summed E-state index contributed by atoms with van der Waals surface area (Å²) >= 11 is 5.31. The highest BCUT2D eigenvalue weighted by Gasteiger charge is 2.31. The minimum Gasteiger partial charge on any atom is -0.406 e. The predicted molar refractivity (Wildman–Crippen MR) is 152 cm³/mol. The summed E-state index contributed by atoms with van der Waals surface area (Å²) in [4.78, 5) is 21.2. The Balaban J connectivity index is 1.27. The molecule has 1 aromatic heterocycles. The van der Waals surface area contributed by atoms with Crippen molar-refractivity contribution in [3.8, 4) is 11.4 Å². The van der Waals surface area contributed by atoms with Gasteiger partial charge < -0.3 is 10.1 Å². The largest absolute Gasteiger partial charge is 0.573 e. The minimum atomic E-state index is -4.75. The zero-order valence-corrected chi connectivity index (χ0v) is 22.3. The fourth-order valence-corrected chi connectivity index (χ4v) is 4.76. The number of carbonyl (C=O) groups is 1. The first kappa shape index (κ1) is 27.1. The van der Waals surface area contributed by atoms with Crippen LogP contribution in [0.2, 0.25) is 0 Å². The number of aliphatic imine (C=N–C) groups is 1. The first-order valence-electron chi connectivity index (χ1n) is 12.4. The summed E-state index contributed by atoms with van der Waals surface area (Å²) in [5.74, 6) is -0.177. The van der Waals surface area contributed by atoms with Crippen LogP contribution < -0.4 is 15.4 Å². The molecule has 0 fully saturated rings. The van der Waals surface area contributed by atoms with E-state index in [-0.39, 0.29) is 22.7 Å². The third-order valence-corrected chi connectivity index (χ3v) is 6.53. The molecule has 40 heavy (non-hydrogen) atoms. The van der Waals surface area contributed by atoms with Gasteiger partial charge in [-0.1, -0.05) is 44.2 Å². The maximum absolute atomic E-state index is 12.6. The lowest BCUT2D eigenvalue weighted by atomic mass is 9.85. The number of nitrogens with zero attached hydrogens (tertiary/aromatic N) is 3. The highest BCUT2D eigenvalue weighted by Crippen LogP contribution is 2.37. The van der Waals surface area contributed by atoms with Gasteiger partial charge in [-0.3, -0.25) is 9.88 Å². The lowest BCUT2D eigenvalue weighted by molar-refractivity contribution is -0.274. The van der Waals surface area contributed by atoms with E-state index in [4.69, 9.17) is 12.2 Å². The van der Waals surface area contributed by atoms with Crippen LogP contribution in [0.3, 0.4) is 0 Å². The average molecular weight is 564 g/mol. The Bertz CT molecular complexity index is 1580. The van der Waals surface area contributed by atoms with Gasteiger partial charge in [-0.05, 0) is 77.8 Å². The van der Waals surface area contributed by atoms with Crippen molar-refractivity contribution in [3.63, 3.8) is 0 Å². The van der Waals surface area contributed by atoms with Crippen molar-refractivity contribution < 1.29 is 22.7 Å². The number of anilines is 1. The van der Waals surface area contributed by atoms with Gasteiger partial charge in [0.15, 0.2) is 5.11 Å². The van der Waals surface area contributed by atoms with Crippen LogP contribution in [0, 0.1) is 0 Å². The molecule has 3 aromatic rings. The number of nitrogens with one attached hydrogen (secondary N) is 2. The number of para-hydroxylation sites is 1. The van der Waals surface area contributed by atoms with Crippen LogP contribution in [0.1, 0.15) is 42.6 Å². The molecule has 0 aliphatic heterocycles. The number of benzene rings is 2. The van der Waals surface area contributed by atoms with E-state index in [0.29, 0.717) is 11.4 Å². The van der Waals surface area contributed by atoms with E-state index in [1.165, 1.54) is 24.3 Å². The van der Waals surface area contributed by atoms with Crippen molar-refractivity contribution >= 4 is 40.8 Å². The minimum absolute atomic E-state index is 0.151. The number of rotatable bonds is 4. The molecule has 0 saturated heterocycles. The molecular formula is C29H24F3N5O2S. The normalized spacial score (nSPS) is 16.8. The Labute approximate surface area is 233 Å². The van der Waals surface area contributed by atoms with Crippen molar-refractivity contribution in [1.29, 1.82) is 0 Å². The van der Waals surface area contributed by atoms with E-state index < -0.39 is 12.4 Å². The summed E-state index contributed by atoms with van der Waals surface area (Å²) in [6, 6.07) is 12.7. The molecule has 2 aromatic carbocycles. The van der Waals surface area contributed by atoms with Gasteiger partial charge in [-0.2, -0.15) is 4.99 Å². The molecule has 11 heteroatoms. The number of aromatic nitrogens is 2. The standard InChI is InChI=1S/C29H24F3N5O2S/c1-17(2)22-5-3-4-6-24(22)35-28(40)36-27(38)34-19-8-13-23-18(15-19)7-14-25-26(23)33-16-37(25)20-9-11-21(12-10-20)39-29(30,31)32/h3-17,23H,1-2H3,(H2,35,36,38,40). The summed E-state index contributed by atoms with van der Waals surface area (Å²) in [5.41, 5.74) is 5.47. The van der Waals surface area contributed by atoms with Crippen LogP contribution in [0.4, 0.5) is 23.7 Å². The highest BCUT2D eigenvalue weighted by atomic mass is 32.1. The molecule has 0 radical (unpaired) electrons. The average Bonchev–Trinajstić information content (AvgIpc) is 3.32. The van der Waals surface area contributed by atoms with Gasteiger partial charge in [-0.15, -0.1) is 13.2 Å². The van der Waals surface area contributed by atoms with Gasteiger partial charge in [0, 0.05) is 17.3 Å². The molecule has 2 aliphatic rings. The van der Waals surface area contributed by atoms with Gasteiger partial charge in [0.05, 0.1) is 17.1 Å². The molecule has 2 N–H and O–H groups in total. The van der Waals surface area contributed by atoms with E-state index in [0.717, 1.165) is 28.2 Å². The molecule has 5 rings (SSSR count). The number of urea groups is 1. The number of fused-ring (bicyclic) bond motifs is 3. The second kappa shape index (κ2) is 10.9. The van der Waals surface area contributed by atoms with E-state index in [1.54, 1.807) is 23.0 Å². The van der Waals surface area contributed by atoms with Crippen LogP contribution >= 0.6 is 12.2 Å². The second-order valence-corrected chi connectivity index (χ2v) is 9.81. The first-order chi connectivity index (χ1) is 19.1. The maximum atomic E-state index is 12.6. The number of amides is 2. The lowest BCUT2D eigenvalue weighted by Crippen LogP contribution is -2.33. The lowest BCUT2D eigenvalue weighted by Gasteiger charge is -2.22. The van der Waals surface area contributed by atoms with E-state index in [1.807, 2.05) is 42.5 Å². The highest BCUT2D eigenvalue weighted by molar-refractivity contribution is 7.80. The number of ether oxygens (including phenoxy) is 1. The van der Waals surface area contributed by atoms with Gasteiger partial charge in [-0.25, -0.2) is 9.78 Å². The van der Waals surface area contributed by atoms with E-state index in [2.05, 4.69) is 39.2 Å². The predicted octanol–water partition coefficient (Wildman–Crippen LogP) is 7.05. The van der Waals surface area contributed by atoms with Crippen LogP contribution in [0.25, 0.3) is 11.8 Å². The Morgan fingerprint density at radius 2 is 1.85 bits per heavy atom. The molecule has 1 heterocycles. The van der Waals surface area contributed by atoms with Crippen LogP contribution in [0.15, 0.2) is 89.7 Å². The van der Waals surface area contributed by atoms with Crippen LogP contribution in [0.5, 0.6) is 5.75 Å². The van der Waals surface area contributed by atoms with Crippen molar-refractivity contribution in [3.05, 3.63) is 102 Å². The number of allylic oxidation sites excluding steroid dienone is 5.